The highest BCUT2D eigenvalue weighted by Gasteiger charge is 2.31. The number of rotatable bonds is 6. The minimum absolute atomic E-state index is 0.0434. The minimum atomic E-state index is -0.961. The van der Waals surface area contributed by atoms with Gasteiger partial charge < -0.3 is 14.7 Å². The molecule has 3 aromatic rings. The van der Waals surface area contributed by atoms with E-state index in [4.69, 9.17) is 9.84 Å². The number of carboxylic acid groups (broad SMARTS) is 1. The van der Waals surface area contributed by atoms with E-state index in [1.807, 2.05) is 47.4 Å². The predicted octanol–water partition coefficient (Wildman–Crippen LogP) is 5.41. The van der Waals surface area contributed by atoms with Crippen molar-refractivity contribution in [2.75, 3.05) is 18.6 Å². The van der Waals surface area contributed by atoms with Crippen molar-refractivity contribution in [3.63, 3.8) is 0 Å². The Balaban J connectivity index is 1.61. The Bertz CT molecular complexity index is 1250. The SMILES string of the molecule is CCC(C#CN1CC(Cc2ccc(C(=O)O)cc2)C(=O)c2ccccc21)c1cccc(OC)c1. The lowest BCUT2D eigenvalue weighted by Crippen LogP contribution is -2.37. The lowest BCUT2D eigenvalue weighted by atomic mass is 9.86. The van der Waals surface area contributed by atoms with Crippen LogP contribution in [0.3, 0.4) is 0 Å². The molecule has 4 rings (SSSR count). The van der Waals surface area contributed by atoms with Gasteiger partial charge in [0, 0.05) is 30.0 Å². The van der Waals surface area contributed by atoms with Gasteiger partial charge >= 0.3 is 5.97 Å². The molecule has 0 radical (unpaired) electrons. The van der Waals surface area contributed by atoms with E-state index in [9.17, 15) is 9.59 Å². The molecule has 0 aliphatic carbocycles. The van der Waals surface area contributed by atoms with Crippen LogP contribution in [0.4, 0.5) is 5.69 Å². The van der Waals surface area contributed by atoms with E-state index in [0.29, 0.717) is 18.5 Å². The number of nitrogens with zero attached hydrogens (tertiary/aromatic N) is 1. The third-order valence-electron chi connectivity index (χ3n) is 6.20. The number of benzene rings is 3. The van der Waals surface area contributed by atoms with Crippen molar-refractivity contribution >= 4 is 17.4 Å². The van der Waals surface area contributed by atoms with Crippen molar-refractivity contribution in [3.05, 3.63) is 95.1 Å². The highest BCUT2D eigenvalue weighted by molar-refractivity contribution is 6.05. The molecule has 0 saturated carbocycles. The number of Topliss-reactive ketones (excluding diaryl/α,β-unsaturated/α-hetero) is 1. The maximum Gasteiger partial charge on any atom is 0.335 e. The van der Waals surface area contributed by atoms with Gasteiger partial charge in [0.15, 0.2) is 5.78 Å². The van der Waals surface area contributed by atoms with Gasteiger partial charge in [-0.25, -0.2) is 4.79 Å². The molecule has 1 aliphatic heterocycles. The van der Waals surface area contributed by atoms with Gasteiger partial charge in [-0.3, -0.25) is 4.79 Å². The summed E-state index contributed by atoms with van der Waals surface area (Å²) in [6.07, 6.45) is 1.38. The van der Waals surface area contributed by atoms with Crippen LogP contribution in [-0.2, 0) is 6.42 Å². The van der Waals surface area contributed by atoms with E-state index in [1.54, 1.807) is 31.4 Å². The van der Waals surface area contributed by atoms with E-state index >= 15 is 0 Å². The van der Waals surface area contributed by atoms with Crippen LogP contribution in [0.2, 0.25) is 0 Å². The Labute approximate surface area is 200 Å². The Kier molecular flexibility index (Phi) is 6.98. The van der Waals surface area contributed by atoms with Crippen LogP contribution in [0.1, 0.15) is 51.1 Å². The van der Waals surface area contributed by atoms with Crippen LogP contribution in [0.25, 0.3) is 0 Å². The first-order valence-corrected chi connectivity index (χ1v) is 11.4. The molecule has 1 aliphatic rings. The van der Waals surface area contributed by atoms with Gasteiger partial charge in [0.1, 0.15) is 5.75 Å². The number of carbonyl (C=O) groups excluding carboxylic acids is 1. The number of hydrogen-bond donors (Lipinski definition) is 1. The standard InChI is InChI=1S/C29H27NO4/c1-3-21(23-7-6-8-25(18-23)34-2)15-16-30-19-24(28(31)26-9-4-5-10-27(26)30)17-20-11-13-22(14-12-20)29(32)33/h4-14,18,21,24H,3,17,19H2,1-2H3,(H,32,33). The Hall–Kier alpha value is -4.04. The fourth-order valence-electron chi connectivity index (χ4n) is 4.31. The molecule has 0 bridgehead atoms. The summed E-state index contributed by atoms with van der Waals surface area (Å²) in [5, 5.41) is 9.14. The van der Waals surface area contributed by atoms with E-state index in [2.05, 4.69) is 25.0 Å². The van der Waals surface area contributed by atoms with E-state index in [0.717, 1.165) is 29.0 Å². The number of hydrogen-bond acceptors (Lipinski definition) is 4. The summed E-state index contributed by atoms with van der Waals surface area (Å²) in [6.45, 7) is 2.59. The molecule has 2 unspecified atom stereocenters. The molecule has 0 aromatic heterocycles. The quantitative estimate of drug-likeness (QED) is 0.506. The molecule has 1 N–H and O–H groups in total. The smallest absolute Gasteiger partial charge is 0.335 e. The molecule has 0 saturated heterocycles. The van der Waals surface area contributed by atoms with Crippen LogP contribution in [0.15, 0.2) is 72.8 Å². The summed E-state index contributed by atoms with van der Waals surface area (Å²) in [5.74, 6) is 3.13. The van der Waals surface area contributed by atoms with Crippen LogP contribution in [-0.4, -0.2) is 30.5 Å². The molecule has 34 heavy (non-hydrogen) atoms. The van der Waals surface area contributed by atoms with Crippen LogP contribution >= 0.6 is 0 Å². The second-order valence-electron chi connectivity index (χ2n) is 8.39. The van der Waals surface area contributed by atoms with Crippen molar-refractivity contribution in [1.82, 2.24) is 0 Å². The summed E-state index contributed by atoms with van der Waals surface area (Å²) in [4.78, 5) is 26.4. The lowest BCUT2D eigenvalue weighted by Gasteiger charge is -2.31. The van der Waals surface area contributed by atoms with Crippen molar-refractivity contribution < 1.29 is 19.4 Å². The van der Waals surface area contributed by atoms with Crippen molar-refractivity contribution in [2.24, 2.45) is 5.92 Å². The predicted molar refractivity (Wildman–Crippen MR) is 133 cm³/mol. The molecule has 5 heteroatoms. The molecule has 172 valence electrons. The Morgan fingerprint density at radius 1 is 1.12 bits per heavy atom. The summed E-state index contributed by atoms with van der Waals surface area (Å²) >= 11 is 0. The van der Waals surface area contributed by atoms with Gasteiger partial charge in [0.05, 0.1) is 18.4 Å². The van der Waals surface area contributed by atoms with E-state index in [-0.39, 0.29) is 23.2 Å². The molecule has 2 atom stereocenters. The number of ether oxygens (including phenoxy) is 1. The number of methoxy groups -OCH3 is 1. The fraction of sp³-hybridized carbons (Fsp3) is 0.241. The molecule has 5 nitrogen and oxygen atoms in total. The molecular formula is C29H27NO4. The van der Waals surface area contributed by atoms with Gasteiger partial charge in [-0.2, -0.15) is 0 Å². The number of para-hydroxylation sites is 1. The zero-order valence-corrected chi connectivity index (χ0v) is 19.3. The van der Waals surface area contributed by atoms with E-state index < -0.39 is 5.97 Å². The normalized spacial score (nSPS) is 15.6. The number of aromatic carboxylic acids is 1. The minimum Gasteiger partial charge on any atom is -0.497 e. The third kappa shape index (κ3) is 4.97. The lowest BCUT2D eigenvalue weighted by molar-refractivity contribution is 0.0696. The van der Waals surface area contributed by atoms with Crippen molar-refractivity contribution in [1.29, 1.82) is 0 Å². The van der Waals surface area contributed by atoms with E-state index in [1.165, 1.54) is 0 Å². The van der Waals surface area contributed by atoms with Crippen LogP contribution in [0, 0.1) is 17.9 Å². The largest absolute Gasteiger partial charge is 0.497 e. The van der Waals surface area contributed by atoms with Crippen molar-refractivity contribution in [3.8, 4) is 17.7 Å². The first-order chi connectivity index (χ1) is 16.5. The summed E-state index contributed by atoms with van der Waals surface area (Å²) < 4.78 is 5.36. The number of fused-ring (bicyclic) bond motifs is 1. The zero-order valence-electron chi connectivity index (χ0n) is 19.3. The maximum atomic E-state index is 13.2. The number of ketones is 1. The first kappa shape index (κ1) is 23.1. The summed E-state index contributed by atoms with van der Waals surface area (Å²) in [5.41, 5.74) is 3.77. The molecule has 3 aromatic carbocycles. The number of carbonyl (C=O) groups is 2. The molecule has 0 amide bonds. The number of anilines is 1. The highest BCUT2D eigenvalue weighted by atomic mass is 16.5. The van der Waals surface area contributed by atoms with Gasteiger partial charge in [0.2, 0.25) is 0 Å². The maximum absolute atomic E-state index is 13.2. The average molecular weight is 454 g/mol. The second kappa shape index (κ2) is 10.3. The van der Waals surface area contributed by atoms with Crippen molar-refractivity contribution in [2.45, 2.75) is 25.7 Å². The highest BCUT2D eigenvalue weighted by Crippen LogP contribution is 2.31. The average Bonchev–Trinajstić information content (AvgIpc) is 2.87. The van der Waals surface area contributed by atoms with Crippen LogP contribution < -0.4 is 9.64 Å². The molecular weight excluding hydrogens is 426 g/mol. The molecule has 1 heterocycles. The van der Waals surface area contributed by atoms with Crippen LogP contribution in [0.5, 0.6) is 5.75 Å². The summed E-state index contributed by atoms with van der Waals surface area (Å²) in [7, 11) is 1.66. The van der Waals surface area contributed by atoms with Gasteiger partial charge in [-0.05, 0) is 60.4 Å². The molecule has 0 spiro atoms. The Morgan fingerprint density at radius 2 is 1.88 bits per heavy atom. The fourth-order valence-corrected chi connectivity index (χ4v) is 4.31. The van der Waals surface area contributed by atoms with Gasteiger partial charge in [-0.1, -0.05) is 49.2 Å². The van der Waals surface area contributed by atoms with Gasteiger partial charge in [0.25, 0.3) is 0 Å². The third-order valence-corrected chi connectivity index (χ3v) is 6.20. The monoisotopic (exact) mass is 453 g/mol. The second-order valence-corrected chi connectivity index (χ2v) is 8.39. The first-order valence-electron chi connectivity index (χ1n) is 11.4. The summed E-state index contributed by atoms with van der Waals surface area (Å²) in [6, 6.07) is 25.6. The number of carboxylic acids is 1. The molecule has 0 fully saturated rings. The zero-order chi connectivity index (χ0) is 24.1. The topological polar surface area (TPSA) is 66.8 Å². The Morgan fingerprint density at radius 3 is 2.59 bits per heavy atom. The van der Waals surface area contributed by atoms with Gasteiger partial charge in [-0.15, -0.1) is 0 Å².